The van der Waals surface area contributed by atoms with Crippen LogP contribution in [0.4, 0.5) is 19.0 Å². The van der Waals surface area contributed by atoms with E-state index in [1.54, 1.807) is 0 Å². The summed E-state index contributed by atoms with van der Waals surface area (Å²) in [6.45, 7) is -1.73. The highest BCUT2D eigenvalue weighted by Crippen LogP contribution is 2.15. The standard InChI is InChI=1S/C9H9ClF3N3O2/c10-7-8(15-3-2-14-7)16-6(17)1-4-18-5-9(11,12)13/h2-3H,1,4-5H2,(H,15,16,17). The number of carbonyl (C=O) groups excluding carboxylic acids is 1. The second kappa shape index (κ2) is 6.50. The van der Waals surface area contributed by atoms with Crippen LogP contribution < -0.4 is 5.32 Å². The van der Waals surface area contributed by atoms with Gasteiger partial charge in [0, 0.05) is 12.4 Å². The van der Waals surface area contributed by atoms with Gasteiger partial charge >= 0.3 is 6.18 Å². The molecule has 1 heterocycles. The third-order valence-electron chi connectivity index (χ3n) is 1.65. The minimum absolute atomic E-state index is 0.00191. The Morgan fingerprint density at radius 3 is 2.67 bits per heavy atom. The van der Waals surface area contributed by atoms with Crippen molar-refractivity contribution in [3.63, 3.8) is 0 Å². The summed E-state index contributed by atoms with van der Waals surface area (Å²) in [6.07, 6.45) is -1.97. The van der Waals surface area contributed by atoms with Crippen molar-refractivity contribution in [1.29, 1.82) is 0 Å². The van der Waals surface area contributed by atoms with Crippen molar-refractivity contribution in [2.45, 2.75) is 12.6 Å². The molecule has 0 aliphatic rings. The molecule has 100 valence electrons. The molecule has 18 heavy (non-hydrogen) atoms. The summed E-state index contributed by atoms with van der Waals surface area (Å²) in [6, 6.07) is 0. The van der Waals surface area contributed by atoms with Crippen molar-refractivity contribution in [3.8, 4) is 0 Å². The van der Waals surface area contributed by atoms with E-state index in [0.717, 1.165) is 0 Å². The fraction of sp³-hybridized carbons (Fsp3) is 0.444. The zero-order chi connectivity index (χ0) is 13.6. The van der Waals surface area contributed by atoms with Crippen molar-refractivity contribution < 1.29 is 22.7 Å². The van der Waals surface area contributed by atoms with Crippen LogP contribution in [0.25, 0.3) is 0 Å². The Bertz CT molecular complexity index is 414. The highest BCUT2D eigenvalue weighted by atomic mass is 35.5. The average Bonchev–Trinajstić information content (AvgIpc) is 2.26. The van der Waals surface area contributed by atoms with Gasteiger partial charge in [-0.25, -0.2) is 9.97 Å². The summed E-state index contributed by atoms with van der Waals surface area (Å²) < 4.78 is 39.4. The van der Waals surface area contributed by atoms with Crippen LogP contribution >= 0.6 is 11.6 Å². The van der Waals surface area contributed by atoms with E-state index in [4.69, 9.17) is 11.6 Å². The molecule has 0 spiro atoms. The average molecular weight is 284 g/mol. The van der Waals surface area contributed by atoms with Crippen LogP contribution in [0.5, 0.6) is 0 Å². The molecule has 1 N–H and O–H groups in total. The van der Waals surface area contributed by atoms with Gasteiger partial charge in [0.15, 0.2) is 11.0 Å². The molecule has 0 saturated carbocycles. The summed E-state index contributed by atoms with van der Waals surface area (Å²) in [4.78, 5) is 18.7. The molecule has 1 aromatic heterocycles. The molecule has 0 aliphatic carbocycles. The van der Waals surface area contributed by atoms with Gasteiger partial charge < -0.3 is 10.1 Å². The van der Waals surface area contributed by atoms with Crippen LogP contribution in [0.15, 0.2) is 12.4 Å². The van der Waals surface area contributed by atoms with Crippen LogP contribution in [-0.2, 0) is 9.53 Å². The van der Waals surface area contributed by atoms with Gasteiger partial charge in [0.25, 0.3) is 0 Å². The molecule has 1 aromatic rings. The molecule has 0 unspecified atom stereocenters. The predicted octanol–water partition coefficient (Wildman–Crippen LogP) is 2.04. The number of halogens is 4. The van der Waals surface area contributed by atoms with E-state index in [-0.39, 0.29) is 24.0 Å². The van der Waals surface area contributed by atoms with Gasteiger partial charge in [-0.15, -0.1) is 0 Å². The number of rotatable bonds is 5. The number of amides is 1. The SMILES string of the molecule is O=C(CCOCC(F)(F)F)Nc1nccnc1Cl. The molecule has 0 fully saturated rings. The van der Waals surface area contributed by atoms with E-state index < -0.39 is 18.7 Å². The molecule has 1 rings (SSSR count). The fourth-order valence-corrected chi connectivity index (χ4v) is 1.10. The number of alkyl halides is 3. The number of aromatic nitrogens is 2. The number of hydrogen-bond donors (Lipinski definition) is 1. The lowest BCUT2D eigenvalue weighted by molar-refractivity contribution is -0.174. The highest BCUT2D eigenvalue weighted by Gasteiger charge is 2.27. The van der Waals surface area contributed by atoms with E-state index in [0.29, 0.717) is 0 Å². The zero-order valence-corrected chi connectivity index (χ0v) is 9.75. The van der Waals surface area contributed by atoms with Crippen molar-refractivity contribution in [3.05, 3.63) is 17.5 Å². The van der Waals surface area contributed by atoms with E-state index in [1.165, 1.54) is 12.4 Å². The highest BCUT2D eigenvalue weighted by molar-refractivity contribution is 6.32. The lowest BCUT2D eigenvalue weighted by Gasteiger charge is -2.08. The summed E-state index contributed by atoms with van der Waals surface area (Å²) in [5.74, 6) is -0.500. The Hall–Kier alpha value is -1.41. The third-order valence-corrected chi connectivity index (χ3v) is 1.93. The van der Waals surface area contributed by atoms with E-state index in [9.17, 15) is 18.0 Å². The molecule has 5 nitrogen and oxygen atoms in total. The molecule has 0 radical (unpaired) electrons. The van der Waals surface area contributed by atoms with Crippen molar-refractivity contribution in [2.75, 3.05) is 18.5 Å². The van der Waals surface area contributed by atoms with Gasteiger partial charge in [-0.1, -0.05) is 11.6 Å². The largest absolute Gasteiger partial charge is 0.411 e. The Kier molecular flexibility index (Phi) is 5.29. The van der Waals surface area contributed by atoms with E-state index in [1.807, 2.05) is 0 Å². The smallest absolute Gasteiger partial charge is 0.372 e. The number of ether oxygens (including phenoxy) is 1. The number of nitrogens with one attached hydrogen (secondary N) is 1. The topological polar surface area (TPSA) is 64.1 Å². The summed E-state index contributed by atoms with van der Waals surface area (Å²) in [5, 5.41) is 2.30. The summed E-state index contributed by atoms with van der Waals surface area (Å²) in [5.41, 5.74) is 0. The van der Waals surface area contributed by atoms with Gasteiger partial charge in [-0.2, -0.15) is 13.2 Å². The molecule has 0 aliphatic heterocycles. The van der Waals surface area contributed by atoms with Gasteiger partial charge in [-0.3, -0.25) is 4.79 Å². The minimum atomic E-state index is -4.40. The first-order valence-electron chi connectivity index (χ1n) is 4.79. The Balaban J connectivity index is 2.29. The van der Waals surface area contributed by atoms with Crippen LogP contribution in [0.1, 0.15) is 6.42 Å². The molecule has 0 saturated heterocycles. The van der Waals surface area contributed by atoms with Crippen LogP contribution in [-0.4, -0.2) is 35.3 Å². The maximum Gasteiger partial charge on any atom is 0.411 e. The number of nitrogens with zero attached hydrogens (tertiary/aromatic N) is 2. The summed E-state index contributed by atoms with van der Waals surface area (Å²) in [7, 11) is 0. The lowest BCUT2D eigenvalue weighted by atomic mass is 10.4. The first-order chi connectivity index (χ1) is 8.38. The Morgan fingerprint density at radius 2 is 2.06 bits per heavy atom. The molecular formula is C9H9ClF3N3O2. The molecule has 1 amide bonds. The normalized spacial score (nSPS) is 11.3. The molecular weight excluding hydrogens is 275 g/mol. The fourth-order valence-electron chi connectivity index (χ4n) is 0.952. The first-order valence-corrected chi connectivity index (χ1v) is 5.17. The van der Waals surface area contributed by atoms with E-state index >= 15 is 0 Å². The Labute approximate surface area is 105 Å². The van der Waals surface area contributed by atoms with Gasteiger partial charge in [0.05, 0.1) is 13.0 Å². The van der Waals surface area contributed by atoms with E-state index in [2.05, 4.69) is 20.0 Å². The quantitative estimate of drug-likeness (QED) is 0.840. The van der Waals surface area contributed by atoms with Crippen molar-refractivity contribution in [1.82, 2.24) is 9.97 Å². The molecule has 0 atom stereocenters. The Morgan fingerprint density at radius 1 is 1.39 bits per heavy atom. The maximum absolute atomic E-state index is 11.7. The predicted molar refractivity (Wildman–Crippen MR) is 57.2 cm³/mol. The zero-order valence-electron chi connectivity index (χ0n) is 9.00. The number of anilines is 1. The van der Waals surface area contributed by atoms with Crippen LogP contribution in [0.3, 0.4) is 0 Å². The lowest BCUT2D eigenvalue weighted by Crippen LogP contribution is -2.20. The minimum Gasteiger partial charge on any atom is -0.372 e. The summed E-state index contributed by atoms with van der Waals surface area (Å²) >= 11 is 5.62. The first kappa shape index (κ1) is 14.7. The second-order valence-corrected chi connectivity index (χ2v) is 3.52. The third kappa shape index (κ3) is 5.78. The van der Waals surface area contributed by atoms with Crippen molar-refractivity contribution >= 4 is 23.3 Å². The van der Waals surface area contributed by atoms with Gasteiger partial charge in [-0.05, 0) is 0 Å². The molecule has 0 aromatic carbocycles. The van der Waals surface area contributed by atoms with Crippen LogP contribution in [0, 0.1) is 0 Å². The molecule has 0 bridgehead atoms. The van der Waals surface area contributed by atoms with Gasteiger partial charge in [0.1, 0.15) is 6.61 Å². The maximum atomic E-state index is 11.7. The van der Waals surface area contributed by atoms with Gasteiger partial charge in [0.2, 0.25) is 5.91 Å². The second-order valence-electron chi connectivity index (χ2n) is 3.16. The monoisotopic (exact) mass is 283 g/mol. The number of hydrogen-bond acceptors (Lipinski definition) is 4. The number of carbonyl (C=O) groups is 1. The molecule has 9 heteroatoms. The van der Waals surface area contributed by atoms with Crippen molar-refractivity contribution in [2.24, 2.45) is 0 Å². The van der Waals surface area contributed by atoms with Crippen LogP contribution in [0.2, 0.25) is 5.15 Å².